The zero-order chi connectivity index (χ0) is 45.4. The first-order valence-electron chi connectivity index (χ1n) is 22.2. The van der Waals surface area contributed by atoms with Crippen molar-refractivity contribution < 1.29 is 48.3 Å². The van der Waals surface area contributed by atoms with Gasteiger partial charge in [0, 0.05) is 89.0 Å². The van der Waals surface area contributed by atoms with Gasteiger partial charge in [0.05, 0.1) is 41.0 Å². The maximum absolute atomic E-state index is 14.9. The van der Waals surface area contributed by atoms with E-state index in [-0.39, 0.29) is 57.4 Å². The van der Waals surface area contributed by atoms with Gasteiger partial charge in [0.15, 0.2) is 0 Å². The first kappa shape index (κ1) is 46.7. The van der Waals surface area contributed by atoms with Gasteiger partial charge in [0.25, 0.3) is 11.7 Å². The molecule has 5 bridgehead atoms. The minimum atomic E-state index is -1.88. The highest BCUT2D eigenvalue weighted by Crippen LogP contribution is 2.52. The van der Waals surface area contributed by atoms with Gasteiger partial charge in [-0.1, -0.05) is 52.8 Å². The number of aliphatic hydroxyl groups is 1. The third kappa shape index (κ3) is 8.87. The lowest BCUT2D eigenvalue weighted by Crippen LogP contribution is -2.51. The van der Waals surface area contributed by atoms with Gasteiger partial charge in [0.1, 0.15) is 29.0 Å². The quantitative estimate of drug-likeness (QED) is 0.274. The predicted octanol–water partition coefficient (Wildman–Crippen LogP) is 6.52. The Morgan fingerprint density at radius 2 is 1.73 bits per heavy atom. The van der Waals surface area contributed by atoms with E-state index >= 15 is 0 Å². The van der Waals surface area contributed by atoms with Crippen molar-refractivity contribution in [2.75, 3.05) is 33.3 Å². The second-order valence-electron chi connectivity index (χ2n) is 18.4. The molecule has 3 N–H and O–H groups in total. The molecule has 6 aliphatic rings. The number of aliphatic hydroxyl groups excluding tert-OH is 1. The average Bonchev–Trinajstić information content (AvgIpc) is 3.65. The molecular weight excluding hydrogens is 793 g/mol. The van der Waals surface area contributed by atoms with E-state index in [4.69, 9.17) is 23.9 Å². The summed E-state index contributed by atoms with van der Waals surface area (Å²) in [5.74, 6) is -4.63. The van der Waals surface area contributed by atoms with Gasteiger partial charge < -0.3 is 44.3 Å². The van der Waals surface area contributed by atoms with Crippen molar-refractivity contribution in [3.63, 3.8) is 0 Å². The number of phenols is 1. The zero-order valence-corrected chi connectivity index (χ0v) is 38.3. The third-order valence-electron chi connectivity index (χ3n) is 13.3. The second kappa shape index (κ2) is 18.5. The molecule has 7 atom stereocenters. The van der Waals surface area contributed by atoms with E-state index in [2.05, 4.69) is 24.1 Å². The summed E-state index contributed by atoms with van der Waals surface area (Å²) >= 11 is 0. The number of likely N-dealkylation sites (N-methyl/N-ethyl adjacent to an activating group) is 1. The number of ketones is 2. The minimum absolute atomic E-state index is 0.0128. The smallest absolute Gasteiger partial charge is 0.312 e. The lowest BCUT2D eigenvalue weighted by molar-refractivity contribution is -0.155. The molecule has 0 radical (unpaired) electrons. The summed E-state index contributed by atoms with van der Waals surface area (Å²) < 4.78 is 24.3. The number of nitrogens with one attached hydrogen (secondary N) is 1. The molecule has 1 saturated heterocycles. The Morgan fingerprint density at radius 1 is 1.05 bits per heavy atom. The summed E-state index contributed by atoms with van der Waals surface area (Å²) in [4.78, 5) is 65.6. The number of allylic oxidation sites excluding steroid dienone is 6. The van der Waals surface area contributed by atoms with Crippen LogP contribution in [-0.2, 0) is 23.8 Å². The first-order valence-corrected chi connectivity index (χ1v) is 22.2. The number of hydrogen-bond donors (Lipinski definition) is 3. The number of nitrogens with zero attached hydrogens (tertiary/aromatic N) is 3. The van der Waals surface area contributed by atoms with Crippen molar-refractivity contribution in [3.8, 4) is 11.5 Å². The predicted molar refractivity (Wildman–Crippen MR) is 235 cm³/mol. The van der Waals surface area contributed by atoms with E-state index < -0.39 is 53.0 Å². The maximum Gasteiger partial charge on any atom is 0.312 e. The van der Waals surface area contributed by atoms with Crippen molar-refractivity contribution in [2.24, 2.45) is 28.7 Å². The standard InChI is InChI=1S/C48H66N4O10/c1-12-59-34-24-33(54)30(7)43(61-32(9)53)28(5)18-15-23-60-47(10)45(57)37-35-36(41(55)31(8)44(37)62-47)42(56)39(49-46(58)29(6)17-14-13-16-27(34)4)40-38(35)50-48(51(40)11)19-21-52(22-20-48)25-26(2)3/h13-15,17,23,26-28,30,33-34,43,54-55H,12,16,18-22,24-25H2,1-11H3,(H,49,58)/b14-13+,23-15+,29-17-/t27?,28-,30-,33?,34-,43?,47+/m1/s1. The Morgan fingerprint density at radius 3 is 2.37 bits per heavy atom. The number of likely N-dealkylation sites (tertiary alicyclic amines) is 1. The summed E-state index contributed by atoms with van der Waals surface area (Å²) in [5.41, 5.74) is 0.475. The lowest BCUT2D eigenvalue weighted by atomic mass is 9.82. The number of amides is 1. The van der Waals surface area contributed by atoms with Crippen molar-refractivity contribution in [3.05, 3.63) is 69.8 Å². The third-order valence-corrected chi connectivity index (χ3v) is 13.3. The highest BCUT2D eigenvalue weighted by molar-refractivity contribution is 6.34. The second-order valence-corrected chi connectivity index (χ2v) is 18.4. The number of carbonyl (C=O) groups excluding carboxylic acids is 4. The highest BCUT2D eigenvalue weighted by Gasteiger charge is 2.56. The number of piperidine rings is 1. The van der Waals surface area contributed by atoms with Crippen LogP contribution in [-0.4, -0.2) is 112 Å². The molecule has 0 saturated carbocycles. The number of carbonyl (C=O) groups is 4. The Hall–Kier alpha value is -4.79. The number of esters is 1. The molecule has 5 heterocycles. The number of benzene rings is 1. The minimum Gasteiger partial charge on any atom is -0.507 e. The highest BCUT2D eigenvalue weighted by atomic mass is 16.7. The molecule has 62 heavy (non-hydrogen) atoms. The Labute approximate surface area is 366 Å². The lowest BCUT2D eigenvalue weighted by Gasteiger charge is -2.43. The topological polar surface area (TPSA) is 177 Å². The summed E-state index contributed by atoms with van der Waals surface area (Å²) in [5, 5.41) is 26.3. The van der Waals surface area contributed by atoms with Crippen LogP contribution in [0.5, 0.6) is 11.5 Å². The fraction of sp³-hybridized carbons (Fsp3) is 0.604. The van der Waals surface area contributed by atoms with E-state index in [0.29, 0.717) is 61.6 Å². The van der Waals surface area contributed by atoms with Crippen LogP contribution in [0.1, 0.15) is 126 Å². The Balaban J connectivity index is 1.46. The fourth-order valence-electron chi connectivity index (χ4n) is 9.57. The Bertz CT molecular complexity index is 2110. The van der Waals surface area contributed by atoms with Crippen LogP contribution in [0, 0.1) is 30.6 Å². The van der Waals surface area contributed by atoms with Crippen molar-refractivity contribution >= 4 is 29.2 Å². The van der Waals surface area contributed by atoms with Crippen LogP contribution < -0.4 is 10.1 Å². The molecule has 1 aliphatic carbocycles. The van der Waals surface area contributed by atoms with Crippen molar-refractivity contribution in [1.29, 1.82) is 0 Å². The molecule has 1 spiro atoms. The van der Waals surface area contributed by atoms with E-state index in [1.165, 1.54) is 20.1 Å². The molecule has 1 fully saturated rings. The van der Waals surface area contributed by atoms with E-state index in [0.717, 1.165) is 19.6 Å². The van der Waals surface area contributed by atoms with Crippen LogP contribution in [0.2, 0.25) is 0 Å². The summed E-state index contributed by atoms with van der Waals surface area (Å²) in [6.45, 7) is 21.0. The molecule has 3 unspecified atom stereocenters. The largest absolute Gasteiger partial charge is 0.507 e. The molecule has 1 aromatic rings. The van der Waals surface area contributed by atoms with Gasteiger partial charge in [-0.15, -0.1) is 0 Å². The number of phenolic OH excluding ortho intramolecular Hbond substituents is 1. The molecular formula is C48H66N4O10. The van der Waals surface area contributed by atoms with Crippen LogP contribution in [0.3, 0.4) is 0 Å². The van der Waals surface area contributed by atoms with Crippen molar-refractivity contribution in [1.82, 2.24) is 15.1 Å². The molecule has 0 aromatic heterocycles. The maximum atomic E-state index is 14.9. The van der Waals surface area contributed by atoms with Gasteiger partial charge in [-0.05, 0) is 57.4 Å². The average molecular weight is 859 g/mol. The number of hydrogen-bond acceptors (Lipinski definition) is 13. The van der Waals surface area contributed by atoms with Crippen LogP contribution in [0.25, 0.3) is 0 Å². The van der Waals surface area contributed by atoms with E-state index in [1.54, 1.807) is 32.1 Å². The molecule has 1 aromatic carbocycles. The van der Waals surface area contributed by atoms with Gasteiger partial charge in [-0.2, -0.15) is 0 Å². The van der Waals surface area contributed by atoms with Gasteiger partial charge in [-0.25, -0.2) is 0 Å². The molecule has 7 rings (SSSR count). The number of aromatic hydroxyl groups is 1. The van der Waals surface area contributed by atoms with Gasteiger partial charge >= 0.3 is 11.8 Å². The van der Waals surface area contributed by atoms with Gasteiger partial charge in [0.2, 0.25) is 5.78 Å². The molecule has 1 amide bonds. The summed E-state index contributed by atoms with van der Waals surface area (Å²) in [6, 6.07) is 0. The summed E-state index contributed by atoms with van der Waals surface area (Å²) in [6.07, 6.45) is 9.18. The van der Waals surface area contributed by atoms with Crippen LogP contribution in [0.15, 0.2) is 52.5 Å². The number of aliphatic imine (C=N–C) groups is 1. The zero-order valence-electron chi connectivity index (χ0n) is 38.3. The van der Waals surface area contributed by atoms with E-state index in [1.807, 2.05) is 45.7 Å². The SMILES string of the molecule is CCO[C@@H]1CC(O)[C@@H](C)C(OC(C)=O)[C@H](C)C/C=C/O[C@@]2(C)Oc3c(C)c(O)c4c(c3C2=O)C2=NC3(CCN(CC(C)C)CC3)N(C)C2=C(NC(=O)/C(C)=C\C=C\CC1C)C4=O. The molecule has 338 valence electrons. The summed E-state index contributed by atoms with van der Waals surface area (Å²) in [7, 11) is 1.87. The van der Waals surface area contributed by atoms with Crippen LogP contribution in [0.4, 0.5) is 0 Å². The van der Waals surface area contributed by atoms with Gasteiger partial charge in [-0.3, -0.25) is 24.2 Å². The number of ether oxygens (including phenoxy) is 4. The monoisotopic (exact) mass is 858 g/mol. The van der Waals surface area contributed by atoms with E-state index in [9.17, 15) is 29.4 Å². The first-order chi connectivity index (χ1) is 29.2. The normalized spacial score (nSPS) is 31.4. The molecule has 14 nitrogen and oxygen atoms in total. The molecule has 14 heteroatoms. The molecule has 5 aliphatic heterocycles. The number of Topliss-reactive ketones (excluding diaryl/α,β-unsaturated/α-hetero) is 2. The number of fused-ring (bicyclic) bond motifs is 14. The van der Waals surface area contributed by atoms with Crippen LogP contribution >= 0.6 is 0 Å². The number of rotatable bonds is 5. The fourth-order valence-corrected chi connectivity index (χ4v) is 9.57. The van der Waals surface area contributed by atoms with Crippen molar-refractivity contribution in [2.45, 2.75) is 131 Å². The Kier molecular flexibility index (Phi) is 13.9.